The highest BCUT2D eigenvalue weighted by atomic mass is 19.1. The van der Waals surface area contributed by atoms with Gasteiger partial charge in [0, 0.05) is 0 Å². The van der Waals surface area contributed by atoms with Gasteiger partial charge in [0.15, 0.2) is 0 Å². The molecule has 0 aliphatic heterocycles. The summed E-state index contributed by atoms with van der Waals surface area (Å²) in [7, 11) is 0. The molecule has 1 rings (SSSR count). The Kier molecular flexibility index (Phi) is 3.30. The molecule has 0 unspecified atom stereocenters. The van der Waals surface area contributed by atoms with Crippen molar-refractivity contribution in [3.8, 4) is 0 Å². The number of halogens is 1. The molecule has 0 spiro atoms. The summed E-state index contributed by atoms with van der Waals surface area (Å²) in [5.41, 5.74) is 2.49. The molecule has 0 N–H and O–H groups in total. The molecule has 0 saturated heterocycles. The van der Waals surface area contributed by atoms with E-state index in [1.165, 1.54) is 5.56 Å². The summed E-state index contributed by atoms with van der Waals surface area (Å²) in [5, 5.41) is 0. The van der Waals surface area contributed by atoms with Crippen LogP contribution >= 0.6 is 0 Å². The zero-order valence-electron chi connectivity index (χ0n) is 9.52. The van der Waals surface area contributed by atoms with E-state index in [1.807, 2.05) is 6.07 Å². The maximum Gasteiger partial charge on any atom is 0.123 e. The largest absolute Gasteiger partial charge is 0.207 e. The molecule has 1 heteroatoms. The van der Waals surface area contributed by atoms with Crippen LogP contribution in [0.5, 0.6) is 0 Å². The average Bonchev–Trinajstić information content (AvgIpc) is 2.18. The first-order valence-electron chi connectivity index (χ1n) is 5.30. The molecule has 0 atom stereocenters. The van der Waals surface area contributed by atoms with Crippen LogP contribution in [0, 0.1) is 5.82 Å². The zero-order valence-corrected chi connectivity index (χ0v) is 9.52. The van der Waals surface area contributed by atoms with Crippen LogP contribution in [0.1, 0.15) is 45.2 Å². The van der Waals surface area contributed by atoms with E-state index in [4.69, 9.17) is 0 Å². The normalized spacial score (nSPS) is 11.8. The van der Waals surface area contributed by atoms with Crippen LogP contribution in [0.2, 0.25) is 0 Å². The lowest BCUT2D eigenvalue weighted by Gasteiger charge is -2.26. The van der Waals surface area contributed by atoms with Crippen molar-refractivity contribution < 1.29 is 4.39 Å². The Balaban J connectivity index is 3.23. The van der Waals surface area contributed by atoms with E-state index >= 15 is 0 Å². The highest BCUT2D eigenvalue weighted by Gasteiger charge is 2.21. The fourth-order valence-electron chi connectivity index (χ4n) is 1.68. The first-order valence-corrected chi connectivity index (χ1v) is 5.30. The lowest BCUT2D eigenvalue weighted by atomic mass is 9.79. The molecule has 1 aromatic carbocycles. The van der Waals surface area contributed by atoms with E-state index in [-0.39, 0.29) is 11.2 Å². The highest BCUT2D eigenvalue weighted by Crippen LogP contribution is 2.30. The summed E-state index contributed by atoms with van der Waals surface area (Å²) in [6.07, 6.45) is 2.00. The molecular formula is C13H19F. The van der Waals surface area contributed by atoms with Crippen LogP contribution in [0.15, 0.2) is 18.2 Å². The molecule has 0 aliphatic carbocycles. The molecule has 14 heavy (non-hydrogen) atoms. The minimum Gasteiger partial charge on any atom is -0.207 e. The minimum atomic E-state index is -0.126. The highest BCUT2D eigenvalue weighted by molar-refractivity contribution is 5.33. The molecule has 0 nitrogen and oxygen atoms in total. The lowest BCUT2D eigenvalue weighted by Crippen LogP contribution is -2.18. The molecule has 0 fully saturated rings. The maximum atomic E-state index is 13.2. The second-order valence-electron chi connectivity index (χ2n) is 4.39. The Morgan fingerprint density at radius 2 is 1.86 bits per heavy atom. The average molecular weight is 194 g/mol. The van der Waals surface area contributed by atoms with Crippen molar-refractivity contribution >= 4 is 0 Å². The number of rotatable bonds is 3. The molecule has 78 valence electrons. The predicted molar refractivity (Wildman–Crippen MR) is 59.1 cm³/mol. The SMILES string of the molecule is CCc1ccc(F)cc1C(C)(C)CC. The summed E-state index contributed by atoms with van der Waals surface area (Å²) >= 11 is 0. The van der Waals surface area contributed by atoms with Crippen molar-refractivity contribution in [2.75, 3.05) is 0 Å². The summed E-state index contributed by atoms with van der Waals surface area (Å²) in [6, 6.07) is 5.14. The summed E-state index contributed by atoms with van der Waals surface area (Å²) < 4.78 is 13.2. The first kappa shape index (κ1) is 11.2. The molecular weight excluding hydrogens is 175 g/mol. The molecule has 0 radical (unpaired) electrons. The van der Waals surface area contributed by atoms with Crippen LogP contribution < -0.4 is 0 Å². The summed E-state index contributed by atoms with van der Waals surface area (Å²) in [6.45, 7) is 8.59. The Bertz CT molecular complexity index is 313. The fourth-order valence-corrected chi connectivity index (χ4v) is 1.68. The second kappa shape index (κ2) is 4.12. The van der Waals surface area contributed by atoms with Crippen LogP contribution in [-0.4, -0.2) is 0 Å². The van der Waals surface area contributed by atoms with Gasteiger partial charge in [0.05, 0.1) is 0 Å². The van der Waals surface area contributed by atoms with Gasteiger partial charge in [-0.05, 0) is 41.5 Å². The maximum absolute atomic E-state index is 13.2. The van der Waals surface area contributed by atoms with E-state index in [0.717, 1.165) is 18.4 Å². The van der Waals surface area contributed by atoms with Crippen molar-refractivity contribution in [3.63, 3.8) is 0 Å². The van der Waals surface area contributed by atoms with Crippen LogP contribution in [0.3, 0.4) is 0 Å². The van der Waals surface area contributed by atoms with Gasteiger partial charge < -0.3 is 0 Å². The van der Waals surface area contributed by atoms with Gasteiger partial charge in [0.1, 0.15) is 5.82 Å². The van der Waals surface area contributed by atoms with E-state index in [9.17, 15) is 4.39 Å². The van der Waals surface area contributed by atoms with Gasteiger partial charge in [0.2, 0.25) is 0 Å². The molecule has 0 aliphatic rings. The van der Waals surface area contributed by atoms with Crippen LogP contribution in [0.25, 0.3) is 0 Å². The molecule has 1 aromatic rings. The monoisotopic (exact) mass is 194 g/mol. The Hall–Kier alpha value is -0.850. The van der Waals surface area contributed by atoms with Gasteiger partial charge in [-0.3, -0.25) is 0 Å². The Morgan fingerprint density at radius 3 is 2.36 bits per heavy atom. The van der Waals surface area contributed by atoms with Crippen molar-refractivity contribution in [2.24, 2.45) is 0 Å². The first-order chi connectivity index (χ1) is 6.51. The Morgan fingerprint density at radius 1 is 1.21 bits per heavy atom. The molecule has 0 amide bonds. The van der Waals surface area contributed by atoms with Gasteiger partial charge in [-0.15, -0.1) is 0 Å². The van der Waals surface area contributed by atoms with E-state index in [2.05, 4.69) is 27.7 Å². The quantitative estimate of drug-likeness (QED) is 0.680. The van der Waals surface area contributed by atoms with Crippen molar-refractivity contribution in [1.29, 1.82) is 0 Å². The molecule has 0 aromatic heterocycles. The smallest absolute Gasteiger partial charge is 0.123 e. The van der Waals surface area contributed by atoms with Gasteiger partial charge in [0.25, 0.3) is 0 Å². The number of aryl methyl sites for hydroxylation is 1. The number of hydrogen-bond acceptors (Lipinski definition) is 0. The lowest BCUT2D eigenvalue weighted by molar-refractivity contribution is 0.495. The standard InChI is InChI=1S/C13H19F/c1-5-10-7-8-11(14)9-12(10)13(3,4)6-2/h7-9H,5-6H2,1-4H3. The fraction of sp³-hybridized carbons (Fsp3) is 0.538. The third-order valence-electron chi connectivity index (χ3n) is 3.07. The van der Waals surface area contributed by atoms with Gasteiger partial charge >= 0.3 is 0 Å². The number of hydrogen-bond donors (Lipinski definition) is 0. The number of benzene rings is 1. The topological polar surface area (TPSA) is 0 Å². The van der Waals surface area contributed by atoms with Gasteiger partial charge in [-0.2, -0.15) is 0 Å². The summed E-state index contributed by atoms with van der Waals surface area (Å²) in [5.74, 6) is -0.126. The van der Waals surface area contributed by atoms with Gasteiger partial charge in [-0.25, -0.2) is 4.39 Å². The predicted octanol–water partition coefficient (Wildman–Crippen LogP) is 4.08. The van der Waals surface area contributed by atoms with Crippen molar-refractivity contribution in [1.82, 2.24) is 0 Å². The van der Waals surface area contributed by atoms with E-state index in [1.54, 1.807) is 12.1 Å². The minimum absolute atomic E-state index is 0.0768. The zero-order chi connectivity index (χ0) is 10.8. The molecule has 0 bridgehead atoms. The molecule has 0 heterocycles. The van der Waals surface area contributed by atoms with Crippen molar-refractivity contribution in [3.05, 3.63) is 35.1 Å². The van der Waals surface area contributed by atoms with Gasteiger partial charge in [-0.1, -0.05) is 33.8 Å². The van der Waals surface area contributed by atoms with E-state index < -0.39 is 0 Å². The second-order valence-corrected chi connectivity index (χ2v) is 4.39. The summed E-state index contributed by atoms with van der Waals surface area (Å²) in [4.78, 5) is 0. The third kappa shape index (κ3) is 2.14. The third-order valence-corrected chi connectivity index (χ3v) is 3.07. The Labute approximate surface area is 86.2 Å². The van der Waals surface area contributed by atoms with Crippen LogP contribution in [-0.2, 0) is 11.8 Å². The van der Waals surface area contributed by atoms with Crippen molar-refractivity contribution in [2.45, 2.75) is 46.0 Å². The van der Waals surface area contributed by atoms with Crippen LogP contribution in [0.4, 0.5) is 4.39 Å². The van der Waals surface area contributed by atoms with E-state index in [0.29, 0.717) is 0 Å². The molecule has 0 saturated carbocycles.